The summed E-state index contributed by atoms with van der Waals surface area (Å²) in [6.45, 7) is 14.5. The van der Waals surface area contributed by atoms with Gasteiger partial charge < -0.3 is 9.80 Å². The largest absolute Gasteiger partial charge is 0.356 e. The third kappa shape index (κ3) is 5.55. The zero-order chi connectivity index (χ0) is 25.3. The zero-order valence-electron chi connectivity index (χ0n) is 23.9. The molecule has 0 aromatic carbocycles. The molecule has 0 heterocycles. The highest BCUT2D eigenvalue weighted by molar-refractivity contribution is 5.75. The van der Waals surface area contributed by atoms with E-state index in [1.54, 1.807) is 0 Å². The molecule has 4 rings (SSSR count). The van der Waals surface area contributed by atoms with Gasteiger partial charge in [-0.2, -0.15) is 0 Å². The highest BCUT2D eigenvalue weighted by Crippen LogP contribution is 2.68. The predicted molar refractivity (Wildman–Crippen MR) is 148 cm³/mol. The molecule has 0 spiro atoms. The Balaban J connectivity index is 1.26. The van der Waals surface area contributed by atoms with Gasteiger partial charge in [0.25, 0.3) is 0 Å². The van der Waals surface area contributed by atoms with Crippen molar-refractivity contribution in [3.8, 4) is 0 Å². The lowest BCUT2D eigenvalue weighted by molar-refractivity contribution is -0.884. The van der Waals surface area contributed by atoms with Crippen molar-refractivity contribution in [2.24, 2.45) is 46.3 Å². The molecule has 3 heteroatoms. The molecule has 8 atom stereocenters. The molecule has 35 heavy (non-hydrogen) atoms. The summed E-state index contributed by atoms with van der Waals surface area (Å²) in [7, 11) is 4.46. The van der Waals surface area contributed by atoms with Gasteiger partial charge >= 0.3 is 0 Å². The van der Waals surface area contributed by atoms with Crippen molar-refractivity contribution in [3.63, 3.8) is 0 Å². The lowest BCUT2D eigenvalue weighted by Gasteiger charge is -2.61. The van der Waals surface area contributed by atoms with Gasteiger partial charge in [0.15, 0.2) is 0 Å². The molecular weight excluding hydrogens is 428 g/mol. The van der Waals surface area contributed by atoms with Crippen LogP contribution in [0.4, 0.5) is 0 Å². The second-order valence-electron chi connectivity index (χ2n) is 14.5. The molecule has 0 bridgehead atoms. The first-order chi connectivity index (χ1) is 16.6. The highest BCUT2D eigenvalue weighted by Gasteiger charge is 2.60. The number of fused-ring (bicyclic) bond motifs is 5. The number of hydrogen-bond acceptors (Lipinski definition) is 1. The molecule has 0 saturated heterocycles. The average Bonchev–Trinajstić information content (AvgIpc) is 3.17. The Bertz CT molecular complexity index is 746. The number of rotatable bonds is 10. The molecule has 4 saturated carbocycles. The van der Waals surface area contributed by atoms with Gasteiger partial charge in [-0.05, 0) is 110 Å². The van der Waals surface area contributed by atoms with Gasteiger partial charge in [0.2, 0.25) is 5.91 Å². The van der Waals surface area contributed by atoms with Crippen LogP contribution in [0.15, 0.2) is 12.7 Å². The van der Waals surface area contributed by atoms with Crippen LogP contribution < -0.4 is 5.32 Å². The van der Waals surface area contributed by atoms with E-state index in [2.05, 4.69) is 46.8 Å². The van der Waals surface area contributed by atoms with Crippen LogP contribution in [0.25, 0.3) is 0 Å². The maximum Gasteiger partial charge on any atom is 0.220 e. The van der Waals surface area contributed by atoms with Gasteiger partial charge in [-0.3, -0.25) is 4.79 Å². The van der Waals surface area contributed by atoms with Crippen LogP contribution in [0.2, 0.25) is 0 Å². The van der Waals surface area contributed by atoms with Gasteiger partial charge in [-0.25, -0.2) is 0 Å². The Hall–Kier alpha value is -0.830. The number of carbonyl (C=O) groups excluding carboxylic acids is 1. The van der Waals surface area contributed by atoms with Crippen molar-refractivity contribution in [2.75, 3.05) is 33.7 Å². The van der Waals surface area contributed by atoms with Crippen LogP contribution in [0.5, 0.6) is 0 Å². The van der Waals surface area contributed by atoms with Gasteiger partial charge in [0.1, 0.15) is 0 Å². The van der Waals surface area contributed by atoms with E-state index < -0.39 is 0 Å². The second kappa shape index (κ2) is 10.9. The van der Waals surface area contributed by atoms with Crippen LogP contribution >= 0.6 is 0 Å². The summed E-state index contributed by atoms with van der Waals surface area (Å²) >= 11 is 0. The van der Waals surface area contributed by atoms with Gasteiger partial charge in [-0.15, -0.1) is 0 Å². The summed E-state index contributed by atoms with van der Waals surface area (Å²) in [5, 5.41) is 3.20. The summed E-state index contributed by atoms with van der Waals surface area (Å²) < 4.78 is 0.944. The Morgan fingerprint density at radius 3 is 2.57 bits per heavy atom. The molecule has 4 fully saturated rings. The van der Waals surface area contributed by atoms with Gasteiger partial charge in [0.05, 0.1) is 27.2 Å². The van der Waals surface area contributed by atoms with Crippen molar-refractivity contribution < 1.29 is 9.28 Å². The molecule has 3 nitrogen and oxygen atoms in total. The van der Waals surface area contributed by atoms with E-state index in [1.165, 1.54) is 64.2 Å². The maximum absolute atomic E-state index is 12.6. The Labute approximate surface area is 217 Å². The Morgan fingerprint density at radius 1 is 1.03 bits per heavy atom. The van der Waals surface area contributed by atoms with Crippen LogP contribution in [0.1, 0.15) is 104 Å². The van der Waals surface area contributed by atoms with Crippen LogP contribution in [-0.4, -0.2) is 44.1 Å². The molecule has 2 unspecified atom stereocenters. The monoisotopic (exact) mass is 485 g/mol. The number of nitrogens with zero attached hydrogens (tertiary/aromatic N) is 1. The molecule has 4 aliphatic rings. The molecule has 0 aromatic rings. The van der Waals surface area contributed by atoms with Gasteiger partial charge in [-0.1, -0.05) is 40.2 Å². The zero-order valence-corrected chi connectivity index (χ0v) is 23.9. The fourth-order valence-electron chi connectivity index (χ4n) is 10.1. The lowest BCUT2D eigenvalue weighted by Crippen LogP contribution is -2.53. The van der Waals surface area contributed by atoms with Crippen molar-refractivity contribution in [1.82, 2.24) is 5.32 Å². The first kappa shape index (κ1) is 27.2. The Kier molecular flexibility index (Phi) is 8.46. The SMILES string of the molecule is C=CC[N+](C)(C)CCCNC(=O)CCC(C)[C@H]1CC[C@H]2[C@@H]3CCC4CCCC[C@]4(C)[C@H]3CC[C@]12C. The summed E-state index contributed by atoms with van der Waals surface area (Å²) in [5.41, 5.74) is 1.16. The minimum atomic E-state index is 0.262. The molecule has 1 amide bonds. The third-order valence-electron chi connectivity index (χ3n) is 12.1. The first-order valence-corrected chi connectivity index (χ1v) is 15.3. The molecular formula is C32H57N2O+. The smallest absolute Gasteiger partial charge is 0.220 e. The number of likely N-dealkylation sites (N-methyl/N-ethyl adjacent to an activating group) is 1. The van der Waals surface area contributed by atoms with E-state index in [-0.39, 0.29) is 5.91 Å². The molecule has 0 aromatic heterocycles. The van der Waals surface area contributed by atoms with Crippen molar-refractivity contribution in [2.45, 2.75) is 104 Å². The number of quaternary nitrogens is 1. The fraction of sp³-hybridized carbons (Fsp3) is 0.906. The van der Waals surface area contributed by atoms with Crippen LogP contribution in [0, 0.1) is 46.3 Å². The first-order valence-electron chi connectivity index (χ1n) is 15.3. The lowest BCUT2D eigenvalue weighted by atomic mass is 9.44. The molecule has 1 N–H and O–H groups in total. The standard InChI is InChI=1S/C32H56N2O/c1-7-22-34(5,6)23-10-21-33-30(35)17-12-24(2)27-15-16-28-26-14-13-25-11-8-9-19-31(25,3)29(26)18-20-32(27,28)4/h7,24-29H,1,8-23H2,2-6H3/p+1/t24?,25?,26-,27+,28-,29-,31-,32+/m0/s1. The second-order valence-corrected chi connectivity index (χ2v) is 14.5. The van der Waals surface area contributed by atoms with Crippen LogP contribution in [0.3, 0.4) is 0 Å². The van der Waals surface area contributed by atoms with E-state index in [9.17, 15) is 4.79 Å². The normalized spacial score (nSPS) is 39.7. The van der Waals surface area contributed by atoms with Crippen molar-refractivity contribution in [1.29, 1.82) is 0 Å². The number of amides is 1. The summed E-state index contributed by atoms with van der Waals surface area (Å²) in [5.74, 6) is 5.68. The molecule has 0 radical (unpaired) electrons. The van der Waals surface area contributed by atoms with E-state index in [1.807, 2.05) is 6.08 Å². The molecule has 200 valence electrons. The van der Waals surface area contributed by atoms with Crippen molar-refractivity contribution in [3.05, 3.63) is 12.7 Å². The van der Waals surface area contributed by atoms with Gasteiger partial charge in [0, 0.05) is 19.4 Å². The quantitative estimate of drug-likeness (QED) is 0.197. The predicted octanol–water partition coefficient (Wildman–Crippen LogP) is 7.22. The average molecular weight is 486 g/mol. The van der Waals surface area contributed by atoms with Crippen LogP contribution in [-0.2, 0) is 4.79 Å². The third-order valence-corrected chi connectivity index (χ3v) is 12.1. The van der Waals surface area contributed by atoms with E-state index in [0.29, 0.717) is 23.2 Å². The summed E-state index contributed by atoms with van der Waals surface area (Å²) in [6, 6.07) is 0. The summed E-state index contributed by atoms with van der Waals surface area (Å²) in [4.78, 5) is 12.6. The topological polar surface area (TPSA) is 29.1 Å². The summed E-state index contributed by atoms with van der Waals surface area (Å²) in [6.07, 6.45) is 19.6. The number of hydrogen-bond donors (Lipinski definition) is 1. The van der Waals surface area contributed by atoms with E-state index in [0.717, 1.165) is 66.5 Å². The van der Waals surface area contributed by atoms with E-state index in [4.69, 9.17) is 0 Å². The minimum Gasteiger partial charge on any atom is -0.356 e. The minimum absolute atomic E-state index is 0.262. The van der Waals surface area contributed by atoms with Crippen molar-refractivity contribution >= 4 is 5.91 Å². The molecule has 0 aliphatic heterocycles. The fourth-order valence-corrected chi connectivity index (χ4v) is 10.1. The number of carbonyl (C=O) groups is 1. The number of nitrogens with one attached hydrogen (secondary N) is 1. The molecule has 4 aliphatic carbocycles. The maximum atomic E-state index is 12.6. The highest BCUT2D eigenvalue weighted by atomic mass is 16.1. The Morgan fingerprint density at radius 2 is 1.80 bits per heavy atom. The van der Waals surface area contributed by atoms with E-state index >= 15 is 0 Å².